The minimum atomic E-state index is -0.761. The highest BCUT2D eigenvalue weighted by atomic mass is 35.5. The van der Waals surface area contributed by atoms with Crippen LogP contribution in [0.1, 0.15) is 26.2 Å². The zero-order chi connectivity index (χ0) is 15.5. The Bertz CT molecular complexity index is 522. The second-order valence-corrected chi connectivity index (χ2v) is 5.80. The average molecular weight is 311 g/mol. The summed E-state index contributed by atoms with van der Waals surface area (Å²) in [7, 11) is 0. The number of likely N-dealkylation sites (tertiary alicyclic amines) is 1. The molecule has 114 valence electrons. The smallest absolute Gasteiger partial charge is 0.321 e. The summed E-state index contributed by atoms with van der Waals surface area (Å²) in [6.07, 6.45) is 1.58. The summed E-state index contributed by atoms with van der Waals surface area (Å²) in [6.45, 7) is 2.80. The van der Waals surface area contributed by atoms with Crippen LogP contribution in [-0.4, -0.2) is 35.1 Å². The molecule has 0 spiro atoms. The van der Waals surface area contributed by atoms with Gasteiger partial charge in [0.2, 0.25) is 0 Å². The van der Waals surface area contributed by atoms with E-state index in [-0.39, 0.29) is 6.03 Å². The van der Waals surface area contributed by atoms with Crippen LogP contribution in [0, 0.1) is 5.41 Å². The number of hydrogen-bond acceptors (Lipinski definition) is 2. The number of anilines is 1. The highest BCUT2D eigenvalue weighted by molar-refractivity contribution is 6.30. The molecule has 6 heteroatoms. The van der Waals surface area contributed by atoms with Gasteiger partial charge in [0.15, 0.2) is 0 Å². The van der Waals surface area contributed by atoms with Crippen LogP contribution in [0.25, 0.3) is 0 Å². The summed E-state index contributed by atoms with van der Waals surface area (Å²) < 4.78 is 0. The number of rotatable bonds is 3. The fourth-order valence-electron chi connectivity index (χ4n) is 2.59. The van der Waals surface area contributed by atoms with Crippen molar-refractivity contribution >= 4 is 29.3 Å². The van der Waals surface area contributed by atoms with Crippen molar-refractivity contribution in [2.75, 3.05) is 18.4 Å². The molecule has 1 aromatic rings. The van der Waals surface area contributed by atoms with E-state index >= 15 is 0 Å². The number of nitrogens with one attached hydrogen (secondary N) is 1. The van der Waals surface area contributed by atoms with Crippen molar-refractivity contribution < 1.29 is 14.7 Å². The Morgan fingerprint density at radius 2 is 1.86 bits per heavy atom. The van der Waals surface area contributed by atoms with E-state index in [1.54, 1.807) is 29.2 Å². The summed E-state index contributed by atoms with van der Waals surface area (Å²) in [5.74, 6) is -0.761. The van der Waals surface area contributed by atoms with Crippen molar-refractivity contribution in [3.63, 3.8) is 0 Å². The van der Waals surface area contributed by atoms with E-state index in [2.05, 4.69) is 5.32 Å². The molecule has 0 saturated carbocycles. The molecule has 0 bridgehead atoms. The van der Waals surface area contributed by atoms with Crippen LogP contribution >= 0.6 is 11.6 Å². The van der Waals surface area contributed by atoms with E-state index in [0.717, 1.165) is 0 Å². The van der Waals surface area contributed by atoms with Gasteiger partial charge in [0.25, 0.3) is 0 Å². The lowest BCUT2D eigenvalue weighted by Crippen LogP contribution is -2.47. The highest BCUT2D eigenvalue weighted by Gasteiger charge is 2.40. The molecule has 0 unspecified atom stereocenters. The number of nitrogens with zero attached hydrogens (tertiary/aromatic N) is 1. The SMILES string of the molecule is CCC1(C(=O)O)CCN(C(=O)Nc2ccc(Cl)cc2)CC1. The van der Waals surface area contributed by atoms with Crippen molar-refractivity contribution in [3.8, 4) is 0 Å². The number of carboxylic acids is 1. The number of piperidine rings is 1. The lowest BCUT2D eigenvalue weighted by atomic mass is 9.76. The Balaban J connectivity index is 1.94. The van der Waals surface area contributed by atoms with Crippen LogP contribution in [-0.2, 0) is 4.79 Å². The molecule has 2 N–H and O–H groups in total. The number of aliphatic carboxylic acids is 1. The second kappa shape index (κ2) is 6.35. The molecule has 0 aromatic heterocycles. The molecule has 1 aromatic carbocycles. The van der Waals surface area contributed by atoms with Gasteiger partial charge in [0, 0.05) is 23.8 Å². The number of hydrogen-bond donors (Lipinski definition) is 2. The number of urea groups is 1. The van der Waals surface area contributed by atoms with Gasteiger partial charge in [-0.25, -0.2) is 4.79 Å². The molecule has 5 nitrogen and oxygen atoms in total. The molecule has 1 aliphatic heterocycles. The molecule has 1 saturated heterocycles. The maximum Gasteiger partial charge on any atom is 0.321 e. The number of carbonyl (C=O) groups is 2. The zero-order valence-electron chi connectivity index (χ0n) is 11.9. The maximum absolute atomic E-state index is 12.2. The molecular weight excluding hydrogens is 292 g/mol. The summed E-state index contributed by atoms with van der Waals surface area (Å²) in [6, 6.07) is 6.68. The van der Waals surface area contributed by atoms with Crippen LogP contribution in [0.4, 0.5) is 10.5 Å². The van der Waals surface area contributed by atoms with Crippen molar-refractivity contribution in [1.29, 1.82) is 0 Å². The first kappa shape index (κ1) is 15.6. The summed E-state index contributed by atoms with van der Waals surface area (Å²) in [5.41, 5.74) is -0.00759. The van der Waals surface area contributed by atoms with Crippen LogP contribution in [0.5, 0.6) is 0 Å². The van der Waals surface area contributed by atoms with Gasteiger partial charge in [0.1, 0.15) is 0 Å². The Morgan fingerprint density at radius 3 is 2.33 bits per heavy atom. The quantitative estimate of drug-likeness (QED) is 0.898. The topological polar surface area (TPSA) is 69.6 Å². The molecule has 0 atom stereocenters. The van der Waals surface area contributed by atoms with Crippen molar-refractivity contribution in [1.82, 2.24) is 4.90 Å². The Hall–Kier alpha value is -1.75. The maximum atomic E-state index is 12.2. The molecule has 1 aliphatic rings. The normalized spacial score (nSPS) is 17.3. The minimum Gasteiger partial charge on any atom is -0.481 e. The lowest BCUT2D eigenvalue weighted by molar-refractivity contribution is -0.151. The minimum absolute atomic E-state index is 0.201. The van der Waals surface area contributed by atoms with Gasteiger partial charge >= 0.3 is 12.0 Å². The molecule has 1 fully saturated rings. The highest BCUT2D eigenvalue weighted by Crippen LogP contribution is 2.35. The lowest BCUT2D eigenvalue weighted by Gasteiger charge is -2.38. The first-order valence-electron chi connectivity index (χ1n) is 7.02. The number of halogens is 1. The monoisotopic (exact) mass is 310 g/mol. The van der Waals surface area contributed by atoms with Crippen LogP contribution in [0.3, 0.4) is 0 Å². The number of carboxylic acid groups (broad SMARTS) is 1. The number of benzene rings is 1. The molecule has 0 aliphatic carbocycles. The predicted octanol–water partition coefficient (Wildman–Crippen LogP) is 3.45. The van der Waals surface area contributed by atoms with Gasteiger partial charge in [0.05, 0.1) is 5.41 Å². The first-order chi connectivity index (χ1) is 9.97. The third-order valence-electron chi connectivity index (χ3n) is 4.23. The average Bonchev–Trinajstić information content (AvgIpc) is 2.49. The van der Waals surface area contributed by atoms with E-state index in [1.807, 2.05) is 6.92 Å². The Labute approximate surface area is 128 Å². The van der Waals surface area contributed by atoms with E-state index in [0.29, 0.717) is 43.1 Å². The largest absolute Gasteiger partial charge is 0.481 e. The molecule has 2 amide bonds. The van der Waals surface area contributed by atoms with E-state index in [4.69, 9.17) is 11.6 Å². The third-order valence-corrected chi connectivity index (χ3v) is 4.49. The number of amides is 2. The van der Waals surface area contributed by atoms with Gasteiger partial charge in [-0.05, 0) is 43.5 Å². The molecule has 0 radical (unpaired) electrons. The first-order valence-corrected chi connectivity index (χ1v) is 7.39. The van der Waals surface area contributed by atoms with Crippen molar-refractivity contribution in [2.24, 2.45) is 5.41 Å². The summed E-state index contributed by atoms with van der Waals surface area (Å²) in [4.78, 5) is 25.2. The third kappa shape index (κ3) is 3.47. The Kier molecular flexibility index (Phi) is 4.73. The molecule has 2 rings (SSSR count). The number of carbonyl (C=O) groups excluding carboxylic acids is 1. The molecule has 1 heterocycles. The van der Waals surface area contributed by atoms with Crippen LogP contribution in [0.15, 0.2) is 24.3 Å². The van der Waals surface area contributed by atoms with E-state index in [1.165, 1.54) is 0 Å². The second-order valence-electron chi connectivity index (χ2n) is 5.36. The van der Waals surface area contributed by atoms with E-state index in [9.17, 15) is 14.7 Å². The van der Waals surface area contributed by atoms with E-state index < -0.39 is 11.4 Å². The summed E-state index contributed by atoms with van der Waals surface area (Å²) >= 11 is 5.80. The van der Waals surface area contributed by atoms with Gasteiger partial charge < -0.3 is 15.3 Å². The Morgan fingerprint density at radius 1 is 1.29 bits per heavy atom. The molecular formula is C15H19ClN2O3. The van der Waals surface area contributed by atoms with Crippen LogP contribution in [0.2, 0.25) is 5.02 Å². The zero-order valence-corrected chi connectivity index (χ0v) is 12.7. The summed E-state index contributed by atoms with van der Waals surface area (Å²) in [5, 5.41) is 12.7. The standard InChI is InChI=1S/C15H19ClN2O3/c1-2-15(13(19)20)7-9-18(10-8-15)14(21)17-12-5-3-11(16)4-6-12/h3-6H,2,7-10H2,1H3,(H,17,21)(H,19,20). The molecule has 21 heavy (non-hydrogen) atoms. The van der Waals surface area contributed by atoms with Gasteiger partial charge in [-0.1, -0.05) is 18.5 Å². The van der Waals surface area contributed by atoms with Gasteiger partial charge in [-0.2, -0.15) is 0 Å². The van der Waals surface area contributed by atoms with Gasteiger partial charge in [-0.3, -0.25) is 4.79 Å². The van der Waals surface area contributed by atoms with Crippen molar-refractivity contribution in [2.45, 2.75) is 26.2 Å². The fraction of sp³-hybridized carbons (Fsp3) is 0.467. The van der Waals surface area contributed by atoms with Crippen LogP contribution < -0.4 is 5.32 Å². The van der Waals surface area contributed by atoms with Crippen molar-refractivity contribution in [3.05, 3.63) is 29.3 Å². The predicted molar refractivity (Wildman–Crippen MR) is 81.6 cm³/mol. The fourth-order valence-corrected chi connectivity index (χ4v) is 2.72. The van der Waals surface area contributed by atoms with Gasteiger partial charge in [-0.15, -0.1) is 0 Å².